The molecular weight excluding hydrogens is 202 g/mol. The summed E-state index contributed by atoms with van der Waals surface area (Å²) < 4.78 is 1.59. The van der Waals surface area contributed by atoms with Crippen LogP contribution >= 0.6 is 11.6 Å². The summed E-state index contributed by atoms with van der Waals surface area (Å²) in [5.74, 6) is -0.156. The van der Waals surface area contributed by atoms with Crippen LogP contribution in [0.15, 0.2) is 6.20 Å². The Labute approximate surface area is 88.2 Å². The second-order valence-corrected chi connectivity index (χ2v) is 3.32. The van der Waals surface area contributed by atoms with Crippen LogP contribution < -0.4 is 5.32 Å². The van der Waals surface area contributed by atoms with Gasteiger partial charge in [-0.3, -0.25) is 9.48 Å². The van der Waals surface area contributed by atoms with E-state index in [1.165, 1.54) is 6.20 Å². The summed E-state index contributed by atoms with van der Waals surface area (Å²) in [6.07, 6.45) is 2.40. The first-order chi connectivity index (χ1) is 6.70. The lowest BCUT2D eigenvalue weighted by molar-refractivity contribution is 0.0943. The number of aryl methyl sites for hydroxylation is 1. The van der Waals surface area contributed by atoms with Gasteiger partial charge in [-0.25, -0.2) is 0 Å². The molecule has 0 fully saturated rings. The molecule has 0 aliphatic heterocycles. The van der Waals surface area contributed by atoms with Crippen LogP contribution in [0.4, 0.5) is 0 Å². The predicted molar refractivity (Wildman–Crippen MR) is 55.5 cm³/mol. The Hall–Kier alpha value is -1.03. The van der Waals surface area contributed by atoms with Gasteiger partial charge < -0.3 is 5.32 Å². The summed E-state index contributed by atoms with van der Waals surface area (Å²) >= 11 is 5.85. The fourth-order valence-corrected chi connectivity index (χ4v) is 1.38. The van der Waals surface area contributed by atoms with Crippen LogP contribution in [0.5, 0.6) is 0 Å². The first-order valence-corrected chi connectivity index (χ1v) is 5.08. The topological polar surface area (TPSA) is 46.9 Å². The molecule has 0 bridgehead atoms. The molecule has 1 N–H and O–H groups in total. The van der Waals surface area contributed by atoms with Crippen molar-refractivity contribution in [3.8, 4) is 0 Å². The van der Waals surface area contributed by atoms with Gasteiger partial charge in [0.15, 0.2) is 0 Å². The Balaban J connectivity index is 2.82. The first kappa shape index (κ1) is 11.0. The number of rotatable bonds is 4. The van der Waals surface area contributed by atoms with E-state index >= 15 is 0 Å². The maximum Gasteiger partial charge on any atom is 0.271 e. The van der Waals surface area contributed by atoms with Crippen molar-refractivity contribution in [3.63, 3.8) is 0 Å². The number of amides is 1. The zero-order valence-corrected chi connectivity index (χ0v) is 9.14. The number of hydrogen-bond acceptors (Lipinski definition) is 2. The van der Waals surface area contributed by atoms with E-state index in [1.54, 1.807) is 4.68 Å². The van der Waals surface area contributed by atoms with Gasteiger partial charge in [-0.1, -0.05) is 18.5 Å². The Morgan fingerprint density at radius 2 is 2.36 bits per heavy atom. The molecule has 78 valence electrons. The van der Waals surface area contributed by atoms with Gasteiger partial charge in [0.05, 0.1) is 11.2 Å². The predicted octanol–water partition coefficient (Wildman–Crippen LogP) is 1.70. The van der Waals surface area contributed by atoms with Gasteiger partial charge in [-0.15, -0.1) is 0 Å². The highest BCUT2D eigenvalue weighted by Gasteiger charge is 2.15. The number of hydrogen-bond donors (Lipinski definition) is 1. The third-order valence-electron chi connectivity index (χ3n) is 1.84. The average Bonchev–Trinajstić information content (AvgIpc) is 2.56. The Kier molecular flexibility index (Phi) is 3.95. The van der Waals surface area contributed by atoms with Gasteiger partial charge in [-0.05, 0) is 13.3 Å². The van der Waals surface area contributed by atoms with Crippen molar-refractivity contribution >= 4 is 17.5 Å². The number of nitrogens with zero attached hydrogens (tertiary/aromatic N) is 2. The third kappa shape index (κ3) is 2.26. The van der Waals surface area contributed by atoms with E-state index in [1.807, 2.05) is 13.8 Å². The maximum absolute atomic E-state index is 11.6. The number of nitrogens with one attached hydrogen (secondary N) is 1. The third-order valence-corrected chi connectivity index (χ3v) is 2.12. The van der Waals surface area contributed by atoms with E-state index in [2.05, 4.69) is 10.4 Å². The molecule has 1 amide bonds. The molecule has 0 unspecified atom stereocenters. The highest BCUT2D eigenvalue weighted by molar-refractivity contribution is 6.33. The zero-order valence-electron chi connectivity index (χ0n) is 8.38. The monoisotopic (exact) mass is 215 g/mol. The summed E-state index contributed by atoms with van der Waals surface area (Å²) in [4.78, 5) is 11.6. The van der Waals surface area contributed by atoms with Gasteiger partial charge in [-0.2, -0.15) is 5.10 Å². The van der Waals surface area contributed by atoms with Gasteiger partial charge in [0.1, 0.15) is 5.69 Å². The summed E-state index contributed by atoms with van der Waals surface area (Å²) in [6, 6.07) is 0. The molecule has 1 heterocycles. The molecule has 14 heavy (non-hydrogen) atoms. The molecule has 1 aromatic heterocycles. The van der Waals surface area contributed by atoms with Crippen LogP contribution in [0.1, 0.15) is 30.8 Å². The normalized spacial score (nSPS) is 10.2. The summed E-state index contributed by atoms with van der Waals surface area (Å²) in [5.41, 5.74) is 0.447. The van der Waals surface area contributed by atoms with Crippen molar-refractivity contribution in [1.82, 2.24) is 15.1 Å². The lowest BCUT2D eigenvalue weighted by atomic mass is 10.3. The van der Waals surface area contributed by atoms with E-state index in [4.69, 9.17) is 11.6 Å². The quantitative estimate of drug-likeness (QED) is 0.831. The van der Waals surface area contributed by atoms with Crippen molar-refractivity contribution < 1.29 is 4.79 Å². The molecular formula is C9H14ClN3O. The zero-order chi connectivity index (χ0) is 10.6. The Morgan fingerprint density at radius 3 is 2.93 bits per heavy atom. The lowest BCUT2D eigenvalue weighted by Gasteiger charge is -2.05. The average molecular weight is 216 g/mol. The fourth-order valence-electron chi connectivity index (χ4n) is 1.15. The number of halogens is 1. The van der Waals surface area contributed by atoms with Crippen LogP contribution in [0, 0.1) is 0 Å². The minimum Gasteiger partial charge on any atom is -0.351 e. The maximum atomic E-state index is 11.6. The molecule has 0 radical (unpaired) electrons. The van der Waals surface area contributed by atoms with Crippen LogP contribution in [-0.4, -0.2) is 22.2 Å². The van der Waals surface area contributed by atoms with Crippen LogP contribution in [0.3, 0.4) is 0 Å². The summed E-state index contributed by atoms with van der Waals surface area (Å²) in [7, 11) is 0. The number of carbonyl (C=O) groups excluding carboxylic acids is 1. The molecule has 0 saturated heterocycles. The molecule has 5 heteroatoms. The van der Waals surface area contributed by atoms with Gasteiger partial charge in [0.25, 0.3) is 5.91 Å². The summed E-state index contributed by atoms with van der Waals surface area (Å²) in [5, 5.41) is 7.16. The summed E-state index contributed by atoms with van der Waals surface area (Å²) in [6.45, 7) is 5.21. The minimum atomic E-state index is -0.156. The van der Waals surface area contributed by atoms with E-state index in [9.17, 15) is 4.79 Å². The highest BCUT2D eigenvalue weighted by Crippen LogP contribution is 2.14. The lowest BCUT2D eigenvalue weighted by Crippen LogP contribution is -2.27. The smallest absolute Gasteiger partial charge is 0.271 e. The van der Waals surface area contributed by atoms with Crippen molar-refractivity contribution in [2.75, 3.05) is 6.54 Å². The van der Waals surface area contributed by atoms with E-state index in [0.29, 0.717) is 23.8 Å². The standard InChI is InChI=1S/C9H14ClN3O/c1-3-5-11-9(14)8-7(10)6-12-13(8)4-2/h6H,3-5H2,1-2H3,(H,11,14). The largest absolute Gasteiger partial charge is 0.351 e. The van der Waals surface area contributed by atoms with E-state index in [0.717, 1.165) is 6.42 Å². The van der Waals surface area contributed by atoms with E-state index in [-0.39, 0.29) is 5.91 Å². The molecule has 0 aliphatic carbocycles. The molecule has 0 saturated carbocycles. The second kappa shape index (κ2) is 5.00. The molecule has 1 aromatic rings. The van der Waals surface area contributed by atoms with Crippen molar-refractivity contribution in [3.05, 3.63) is 16.9 Å². The number of carbonyl (C=O) groups is 1. The van der Waals surface area contributed by atoms with Crippen molar-refractivity contribution in [2.45, 2.75) is 26.8 Å². The Morgan fingerprint density at radius 1 is 1.64 bits per heavy atom. The molecule has 1 rings (SSSR count). The van der Waals surface area contributed by atoms with Crippen LogP contribution in [-0.2, 0) is 6.54 Å². The SMILES string of the molecule is CCCNC(=O)c1c(Cl)cnn1CC. The van der Waals surface area contributed by atoms with Gasteiger partial charge >= 0.3 is 0 Å². The van der Waals surface area contributed by atoms with Gasteiger partial charge in [0, 0.05) is 13.1 Å². The van der Waals surface area contributed by atoms with Gasteiger partial charge in [0.2, 0.25) is 0 Å². The van der Waals surface area contributed by atoms with Crippen molar-refractivity contribution in [2.24, 2.45) is 0 Å². The first-order valence-electron chi connectivity index (χ1n) is 4.70. The molecule has 0 spiro atoms. The Bertz CT molecular complexity index is 322. The molecule has 0 aliphatic rings. The number of aromatic nitrogens is 2. The molecule has 0 atom stereocenters. The fraction of sp³-hybridized carbons (Fsp3) is 0.556. The molecule has 0 aromatic carbocycles. The van der Waals surface area contributed by atoms with Crippen LogP contribution in [0.2, 0.25) is 5.02 Å². The minimum absolute atomic E-state index is 0.156. The second-order valence-electron chi connectivity index (χ2n) is 2.91. The highest BCUT2D eigenvalue weighted by atomic mass is 35.5. The van der Waals surface area contributed by atoms with E-state index < -0.39 is 0 Å². The molecule has 4 nitrogen and oxygen atoms in total. The van der Waals surface area contributed by atoms with Crippen molar-refractivity contribution in [1.29, 1.82) is 0 Å². The van der Waals surface area contributed by atoms with Crippen LogP contribution in [0.25, 0.3) is 0 Å².